The minimum Gasteiger partial charge on any atom is -0.396 e. The average Bonchev–Trinajstić information content (AvgIpc) is 2.83. The Morgan fingerprint density at radius 3 is 3.00 bits per heavy atom. The number of amides is 1. The highest BCUT2D eigenvalue weighted by molar-refractivity contribution is 9.10. The number of carbonyl (C=O) groups is 1. The van der Waals surface area contributed by atoms with Crippen LogP contribution in [0.25, 0.3) is 0 Å². The van der Waals surface area contributed by atoms with Crippen LogP contribution in [-0.2, 0) is 0 Å². The van der Waals surface area contributed by atoms with Gasteiger partial charge in [0.1, 0.15) is 0 Å². The fraction of sp³-hybridized carbons (Fsp3) is 0.500. The van der Waals surface area contributed by atoms with E-state index in [1.165, 1.54) is 0 Å². The van der Waals surface area contributed by atoms with E-state index in [0.29, 0.717) is 10.5 Å². The normalized spacial score (nSPS) is 18.9. The third-order valence-electron chi connectivity index (χ3n) is 3.52. The van der Waals surface area contributed by atoms with Crippen molar-refractivity contribution in [3.63, 3.8) is 0 Å². The SMILES string of the molecule is O=C(c1ccc(Br)cc1S)N1CCCC1CCCO. The molecular formula is C14H18BrNO2S. The molecule has 1 heterocycles. The molecule has 104 valence electrons. The highest BCUT2D eigenvalue weighted by atomic mass is 79.9. The molecule has 0 aliphatic carbocycles. The Balaban J connectivity index is 2.13. The summed E-state index contributed by atoms with van der Waals surface area (Å²) in [6.45, 7) is 0.993. The predicted molar refractivity (Wildman–Crippen MR) is 81.8 cm³/mol. The monoisotopic (exact) mass is 343 g/mol. The lowest BCUT2D eigenvalue weighted by Gasteiger charge is -2.25. The highest BCUT2D eigenvalue weighted by Crippen LogP contribution is 2.27. The van der Waals surface area contributed by atoms with Crippen molar-refractivity contribution in [1.29, 1.82) is 0 Å². The van der Waals surface area contributed by atoms with Crippen molar-refractivity contribution in [2.24, 2.45) is 0 Å². The van der Waals surface area contributed by atoms with Crippen LogP contribution in [0, 0.1) is 0 Å². The van der Waals surface area contributed by atoms with Crippen LogP contribution < -0.4 is 0 Å². The second kappa shape index (κ2) is 6.77. The first kappa shape index (κ1) is 14.9. The van der Waals surface area contributed by atoms with E-state index in [-0.39, 0.29) is 18.6 Å². The summed E-state index contributed by atoms with van der Waals surface area (Å²) >= 11 is 7.76. The molecule has 0 saturated carbocycles. The first-order valence-corrected chi connectivity index (χ1v) is 7.78. The molecule has 1 aromatic rings. The first-order valence-electron chi connectivity index (χ1n) is 6.54. The van der Waals surface area contributed by atoms with E-state index in [4.69, 9.17) is 5.11 Å². The molecule has 1 N–H and O–H groups in total. The van der Waals surface area contributed by atoms with Crippen LogP contribution in [0.5, 0.6) is 0 Å². The smallest absolute Gasteiger partial charge is 0.255 e. The Morgan fingerprint density at radius 1 is 1.53 bits per heavy atom. The molecule has 1 saturated heterocycles. The molecule has 1 aliphatic heterocycles. The van der Waals surface area contributed by atoms with E-state index < -0.39 is 0 Å². The van der Waals surface area contributed by atoms with Crippen LogP contribution in [0.3, 0.4) is 0 Å². The van der Waals surface area contributed by atoms with Gasteiger partial charge in [0.15, 0.2) is 0 Å². The molecule has 1 unspecified atom stereocenters. The number of aliphatic hydroxyl groups excluding tert-OH is 1. The molecule has 1 amide bonds. The van der Waals surface area contributed by atoms with Crippen LogP contribution in [0.4, 0.5) is 0 Å². The van der Waals surface area contributed by atoms with Gasteiger partial charge in [-0.25, -0.2) is 0 Å². The lowest BCUT2D eigenvalue weighted by atomic mass is 10.1. The summed E-state index contributed by atoms with van der Waals surface area (Å²) in [5, 5.41) is 8.92. The summed E-state index contributed by atoms with van der Waals surface area (Å²) in [4.78, 5) is 15.2. The Hall–Kier alpha value is -0.520. The van der Waals surface area contributed by atoms with Gasteiger partial charge in [0, 0.05) is 28.6 Å². The molecule has 1 aliphatic rings. The molecule has 3 nitrogen and oxygen atoms in total. The van der Waals surface area contributed by atoms with E-state index in [2.05, 4.69) is 28.6 Å². The number of hydrogen-bond acceptors (Lipinski definition) is 3. The molecule has 0 radical (unpaired) electrons. The molecule has 5 heteroatoms. The van der Waals surface area contributed by atoms with Crippen molar-refractivity contribution in [3.8, 4) is 0 Å². The van der Waals surface area contributed by atoms with Crippen LogP contribution in [0.15, 0.2) is 27.6 Å². The largest absolute Gasteiger partial charge is 0.396 e. The molecule has 19 heavy (non-hydrogen) atoms. The zero-order valence-corrected chi connectivity index (χ0v) is 13.2. The lowest BCUT2D eigenvalue weighted by Crippen LogP contribution is -2.35. The number of aliphatic hydroxyl groups is 1. The molecule has 2 rings (SSSR count). The van der Waals surface area contributed by atoms with E-state index >= 15 is 0 Å². The zero-order chi connectivity index (χ0) is 13.8. The number of benzene rings is 1. The second-order valence-corrected chi connectivity index (χ2v) is 6.22. The molecule has 0 spiro atoms. The van der Waals surface area contributed by atoms with Crippen LogP contribution in [0.1, 0.15) is 36.0 Å². The summed E-state index contributed by atoms with van der Waals surface area (Å²) in [5.74, 6) is 0.0536. The predicted octanol–water partition coefficient (Wildman–Crippen LogP) is 3.11. The van der Waals surface area contributed by atoms with Gasteiger partial charge in [-0.15, -0.1) is 12.6 Å². The van der Waals surface area contributed by atoms with Crippen molar-refractivity contribution in [3.05, 3.63) is 28.2 Å². The maximum atomic E-state index is 12.6. The summed E-state index contributed by atoms with van der Waals surface area (Å²) < 4.78 is 0.923. The van der Waals surface area contributed by atoms with Gasteiger partial charge in [-0.2, -0.15) is 0 Å². The van der Waals surface area contributed by atoms with Crippen molar-refractivity contribution in [2.75, 3.05) is 13.2 Å². The molecule has 1 fully saturated rings. The maximum Gasteiger partial charge on any atom is 0.255 e. The third-order valence-corrected chi connectivity index (χ3v) is 4.39. The summed E-state index contributed by atoms with van der Waals surface area (Å²) in [5.41, 5.74) is 0.655. The van der Waals surface area contributed by atoms with Crippen molar-refractivity contribution in [2.45, 2.75) is 36.6 Å². The van der Waals surface area contributed by atoms with Gasteiger partial charge in [0.2, 0.25) is 0 Å². The van der Waals surface area contributed by atoms with Crippen molar-refractivity contribution < 1.29 is 9.90 Å². The number of nitrogens with zero attached hydrogens (tertiary/aromatic N) is 1. The third kappa shape index (κ3) is 3.52. The van der Waals surface area contributed by atoms with Gasteiger partial charge in [-0.05, 0) is 43.9 Å². The standard InChI is InChI=1S/C14H18BrNO2S/c15-10-5-6-12(13(19)9-10)14(18)16-7-1-3-11(16)4-2-8-17/h5-6,9,11,17,19H,1-4,7-8H2. The number of rotatable bonds is 4. The summed E-state index contributed by atoms with van der Waals surface area (Å²) in [6, 6.07) is 5.79. The van der Waals surface area contributed by atoms with Crippen LogP contribution >= 0.6 is 28.6 Å². The summed E-state index contributed by atoms with van der Waals surface area (Å²) in [7, 11) is 0. The molecule has 1 aromatic carbocycles. The van der Waals surface area contributed by atoms with Gasteiger partial charge < -0.3 is 10.0 Å². The van der Waals surface area contributed by atoms with Crippen molar-refractivity contribution >= 4 is 34.5 Å². The van der Waals surface area contributed by atoms with E-state index in [9.17, 15) is 4.79 Å². The number of thiol groups is 1. The van der Waals surface area contributed by atoms with Gasteiger partial charge in [0.25, 0.3) is 5.91 Å². The summed E-state index contributed by atoms with van der Waals surface area (Å²) in [6.07, 6.45) is 3.70. The number of carbonyl (C=O) groups excluding carboxylic acids is 1. The number of hydrogen-bond donors (Lipinski definition) is 2. The second-order valence-electron chi connectivity index (χ2n) is 4.82. The van der Waals surface area contributed by atoms with Gasteiger partial charge in [-0.3, -0.25) is 4.79 Å². The van der Waals surface area contributed by atoms with Crippen LogP contribution in [-0.4, -0.2) is 35.1 Å². The topological polar surface area (TPSA) is 40.5 Å². The Bertz CT molecular complexity index is 467. The van der Waals surface area contributed by atoms with E-state index in [1.807, 2.05) is 23.1 Å². The van der Waals surface area contributed by atoms with Crippen LogP contribution in [0.2, 0.25) is 0 Å². The molecule has 0 bridgehead atoms. The van der Waals surface area contributed by atoms with E-state index in [1.54, 1.807) is 0 Å². The van der Waals surface area contributed by atoms with Gasteiger partial charge in [0.05, 0.1) is 5.56 Å². The highest BCUT2D eigenvalue weighted by Gasteiger charge is 2.29. The molecule has 1 atom stereocenters. The zero-order valence-electron chi connectivity index (χ0n) is 10.7. The van der Waals surface area contributed by atoms with Crippen molar-refractivity contribution in [1.82, 2.24) is 4.90 Å². The quantitative estimate of drug-likeness (QED) is 0.824. The Morgan fingerprint density at radius 2 is 2.32 bits per heavy atom. The number of likely N-dealkylation sites (tertiary alicyclic amines) is 1. The fourth-order valence-electron chi connectivity index (χ4n) is 2.57. The molecular weight excluding hydrogens is 326 g/mol. The Labute approximate surface area is 127 Å². The van der Waals surface area contributed by atoms with E-state index in [0.717, 1.165) is 36.7 Å². The maximum absolute atomic E-state index is 12.6. The fourth-order valence-corrected chi connectivity index (χ4v) is 3.42. The average molecular weight is 344 g/mol. The molecule has 0 aromatic heterocycles. The lowest BCUT2D eigenvalue weighted by molar-refractivity contribution is 0.0721. The first-order chi connectivity index (χ1) is 9.13. The minimum absolute atomic E-state index is 0.0536. The van der Waals surface area contributed by atoms with Gasteiger partial charge >= 0.3 is 0 Å². The minimum atomic E-state index is 0.0536. The van der Waals surface area contributed by atoms with Gasteiger partial charge in [-0.1, -0.05) is 15.9 Å². The Kier molecular flexibility index (Phi) is 5.30. The number of halogens is 1.